The Bertz CT molecular complexity index is 583. The van der Waals surface area contributed by atoms with Gasteiger partial charge in [0, 0.05) is 6.07 Å². The molecule has 1 aromatic carbocycles. The summed E-state index contributed by atoms with van der Waals surface area (Å²) in [7, 11) is 0. The molecule has 5 nitrogen and oxygen atoms in total. The van der Waals surface area contributed by atoms with Crippen LogP contribution in [0.4, 0.5) is 4.39 Å². The maximum atomic E-state index is 13.7. The second kappa shape index (κ2) is 5.75. The van der Waals surface area contributed by atoms with E-state index < -0.39 is 0 Å². The monoisotopic (exact) mass is 327 g/mol. The first-order valence-corrected chi connectivity index (χ1v) is 6.81. The van der Waals surface area contributed by atoms with Gasteiger partial charge in [0.05, 0.1) is 16.2 Å². The topological polar surface area (TPSA) is 55.6 Å². The van der Waals surface area contributed by atoms with E-state index in [0.29, 0.717) is 16.0 Å². The molecule has 0 saturated heterocycles. The van der Waals surface area contributed by atoms with Crippen LogP contribution in [0, 0.1) is 12.7 Å². The van der Waals surface area contributed by atoms with Crippen molar-refractivity contribution < 1.29 is 4.39 Å². The second-order valence-corrected chi connectivity index (χ2v) is 5.14. The molecule has 1 N–H and O–H groups in total. The molecule has 0 bridgehead atoms. The summed E-state index contributed by atoms with van der Waals surface area (Å²) in [5, 5.41) is 14.9. The molecule has 1 aromatic heterocycles. The van der Waals surface area contributed by atoms with E-state index in [2.05, 4.69) is 36.8 Å². The number of benzene rings is 1. The van der Waals surface area contributed by atoms with Gasteiger partial charge in [-0.15, -0.1) is 5.10 Å². The van der Waals surface area contributed by atoms with Crippen molar-refractivity contribution in [3.63, 3.8) is 0 Å². The molecule has 1 unspecified atom stereocenters. The van der Waals surface area contributed by atoms with Gasteiger partial charge in [-0.1, -0.05) is 6.92 Å². The number of hydrogen-bond donors (Lipinski definition) is 1. The number of aromatic nitrogens is 4. The minimum absolute atomic E-state index is 0.00823. The Hall–Kier alpha value is -1.34. The molecular weight excluding hydrogens is 313 g/mol. The molecular formula is C12H15BrFN5. The van der Waals surface area contributed by atoms with Crippen LogP contribution in [0.2, 0.25) is 0 Å². The normalized spacial score (nSPS) is 12.7. The summed E-state index contributed by atoms with van der Waals surface area (Å²) in [6, 6.07) is 3.14. The Balaban J connectivity index is 2.48. The number of halogens is 2. The lowest BCUT2D eigenvalue weighted by Gasteiger charge is -2.13. The molecule has 0 saturated carbocycles. The molecule has 1 atom stereocenters. The third-order valence-electron chi connectivity index (χ3n) is 2.86. The quantitative estimate of drug-likeness (QED) is 0.937. The van der Waals surface area contributed by atoms with Crippen molar-refractivity contribution in [2.24, 2.45) is 0 Å². The van der Waals surface area contributed by atoms with Gasteiger partial charge in [0.15, 0.2) is 5.82 Å². The third kappa shape index (κ3) is 2.82. The Morgan fingerprint density at radius 2 is 2.21 bits per heavy atom. The molecule has 0 amide bonds. The van der Waals surface area contributed by atoms with Crippen molar-refractivity contribution in [2.45, 2.75) is 26.8 Å². The van der Waals surface area contributed by atoms with Crippen LogP contribution in [0.25, 0.3) is 5.69 Å². The first-order chi connectivity index (χ1) is 9.04. The summed E-state index contributed by atoms with van der Waals surface area (Å²) < 4.78 is 15.7. The molecule has 0 fully saturated rings. The maximum Gasteiger partial charge on any atom is 0.173 e. The van der Waals surface area contributed by atoms with Crippen molar-refractivity contribution in [2.75, 3.05) is 6.54 Å². The van der Waals surface area contributed by atoms with Crippen LogP contribution >= 0.6 is 15.9 Å². The first-order valence-electron chi connectivity index (χ1n) is 6.02. The predicted molar refractivity (Wildman–Crippen MR) is 73.6 cm³/mol. The van der Waals surface area contributed by atoms with E-state index in [-0.39, 0.29) is 11.9 Å². The summed E-state index contributed by atoms with van der Waals surface area (Å²) in [6.45, 7) is 6.68. The highest BCUT2D eigenvalue weighted by atomic mass is 79.9. The number of nitrogens with one attached hydrogen (secondary N) is 1. The highest BCUT2D eigenvalue weighted by molar-refractivity contribution is 9.10. The number of aryl methyl sites for hydroxylation is 1. The lowest BCUT2D eigenvalue weighted by atomic mass is 10.2. The van der Waals surface area contributed by atoms with Gasteiger partial charge in [-0.3, -0.25) is 0 Å². The summed E-state index contributed by atoms with van der Waals surface area (Å²) >= 11 is 3.17. The smallest absolute Gasteiger partial charge is 0.173 e. The molecule has 7 heteroatoms. The lowest BCUT2D eigenvalue weighted by molar-refractivity contribution is 0.548. The summed E-state index contributed by atoms with van der Waals surface area (Å²) in [5.74, 6) is 0.324. The summed E-state index contributed by atoms with van der Waals surface area (Å²) in [5.41, 5.74) is 1.54. The zero-order valence-electron chi connectivity index (χ0n) is 11.0. The van der Waals surface area contributed by atoms with E-state index in [4.69, 9.17) is 0 Å². The van der Waals surface area contributed by atoms with Gasteiger partial charge in [0.25, 0.3) is 0 Å². The van der Waals surface area contributed by atoms with E-state index in [1.54, 1.807) is 10.7 Å². The molecule has 2 rings (SSSR count). The van der Waals surface area contributed by atoms with E-state index in [0.717, 1.165) is 12.1 Å². The van der Waals surface area contributed by atoms with E-state index in [1.807, 2.05) is 20.8 Å². The van der Waals surface area contributed by atoms with Gasteiger partial charge in [-0.05, 0) is 58.4 Å². The first kappa shape index (κ1) is 14.1. The minimum Gasteiger partial charge on any atom is -0.308 e. The predicted octanol–water partition coefficient (Wildman–Crippen LogP) is 2.54. The van der Waals surface area contributed by atoms with Crippen molar-refractivity contribution in [1.82, 2.24) is 25.5 Å². The van der Waals surface area contributed by atoms with E-state index in [9.17, 15) is 4.39 Å². The van der Waals surface area contributed by atoms with Crippen LogP contribution in [0.3, 0.4) is 0 Å². The fraction of sp³-hybridized carbons (Fsp3) is 0.417. The van der Waals surface area contributed by atoms with Gasteiger partial charge in [0.1, 0.15) is 5.82 Å². The molecule has 1 heterocycles. The van der Waals surface area contributed by atoms with Gasteiger partial charge >= 0.3 is 0 Å². The average Bonchev–Trinajstić information content (AvgIpc) is 2.83. The molecule has 2 aromatic rings. The minimum atomic E-state index is -0.335. The molecule has 102 valence electrons. The van der Waals surface area contributed by atoms with Crippen molar-refractivity contribution >= 4 is 15.9 Å². The van der Waals surface area contributed by atoms with Gasteiger partial charge in [-0.25, -0.2) is 4.39 Å². The fourth-order valence-electron chi connectivity index (χ4n) is 1.90. The van der Waals surface area contributed by atoms with Gasteiger partial charge in [0.2, 0.25) is 0 Å². The van der Waals surface area contributed by atoms with Crippen LogP contribution in [-0.2, 0) is 0 Å². The van der Waals surface area contributed by atoms with Crippen LogP contribution in [0.5, 0.6) is 0 Å². The highest BCUT2D eigenvalue weighted by Gasteiger charge is 2.17. The number of rotatable bonds is 4. The SMILES string of the molecule is CCNC(C)c1nnnn1-c1cc(F)c(Br)cc1C. The zero-order chi connectivity index (χ0) is 14.0. The van der Waals surface area contributed by atoms with E-state index in [1.165, 1.54) is 6.07 Å². The van der Waals surface area contributed by atoms with Crippen LogP contribution < -0.4 is 5.32 Å². The Kier molecular flexibility index (Phi) is 4.26. The second-order valence-electron chi connectivity index (χ2n) is 4.28. The molecule has 19 heavy (non-hydrogen) atoms. The number of tetrazole rings is 1. The van der Waals surface area contributed by atoms with Crippen molar-refractivity contribution in [1.29, 1.82) is 0 Å². The summed E-state index contributed by atoms with van der Waals surface area (Å²) in [4.78, 5) is 0. The molecule has 0 radical (unpaired) electrons. The number of nitrogens with zero attached hydrogens (tertiary/aromatic N) is 4. The van der Waals surface area contributed by atoms with Crippen LogP contribution in [0.1, 0.15) is 31.3 Å². The molecule has 0 aliphatic carbocycles. The van der Waals surface area contributed by atoms with Crippen LogP contribution in [0.15, 0.2) is 16.6 Å². The molecule has 0 aliphatic rings. The Morgan fingerprint density at radius 1 is 1.47 bits per heavy atom. The standard InChI is InChI=1S/C12H15BrFN5/c1-4-15-8(3)12-16-17-18-19(12)11-6-10(14)9(13)5-7(11)2/h5-6,8,15H,4H2,1-3H3. The fourth-order valence-corrected chi connectivity index (χ4v) is 2.35. The maximum absolute atomic E-state index is 13.7. The third-order valence-corrected chi connectivity index (χ3v) is 3.47. The van der Waals surface area contributed by atoms with Crippen molar-refractivity contribution in [3.8, 4) is 5.69 Å². The van der Waals surface area contributed by atoms with Crippen molar-refractivity contribution in [3.05, 3.63) is 33.8 Å². The Labute approximate surface area is 119 Å². The Morgan fingerprint density at radius 3 is 2.89 bits per heavy atom. The molecule has 0 aliphatic heterocycles. The van der Waals surface area contributed by atoms with Gasteiger partial charge < -0.3 is 5.32 Å². The zero-order valence-corrected chi connectivity index (χ0v) is 12.6. The van der Waals surface area contributed by atoms with E-state index >= 15 is 0 Å². The highest BCUT2D eigenvalue weighted by Crippen LogP contribution is 2.24. The largest absolute Gasteiger partial charge is 0.308 e. The summed E-state index contributed by atoms with van der Waals surface area (Å²) in [6.07, 6.45) is 0. The molecule has 0 spiro atoms. The number of hydrogen-bond acceptors (Lipinski definition) is 4. The average molecular weight is 328 g/mol. The van der Waals surface area contributed by atoms with Gasteiger partial charge in [-0.2, -0.15) is 4.68 Å². The lowest BCUT2D eigenvalue weighted by Crippen LogP contribution is -2.22. The van der Waals surface area contributed by atoms with Crippen LogP contribution in [-0.4, -0.2) is 26.8 Å².